The fourth-order valence-electron chi connectivity index (χ4n) is 2.52. The number of anilines is 1. The number of benzene rings is 2. The number of aliphatic carboxylic acids is 1. The van der Waals surface area contributed by atoms with Crippen LogP contribution in [0.1, 0.15) is 36.2 Å². The summed E-state index contributed by atoms with van der Waals surface area (Å²) in [7, 11) is 1.59. The standard InChI is InChI=1S/C21H24N2O5/c1-21(2,15-6-10-17(28-3)11-7-15)20(27)23-16-8-4-14(5-9-16)19(26)22-13-12-18(24)25/h4-11H,12-13H2,1-3H3,(H,22,26)(H,23,27)(H,24,25). The highest BCUT2D eigenvalue weighted by molar-refractivity contribution is 5.99. The number of hydrogen-bond acceptors (Lipinski definition) is 4. The SMILES string of the molecule is COc1ccc(C(C)(C)C(=O)Nc2ccc(C(=O)NCCC(=O)O)cc2)cc1. The second-order valence-electron chi connectivity index (χ2n) is 6.78. The molecule has 3 N–H and O–H groups in total. The van der Waals surface area contributed by atoms with Crippen LogP contribution in [0, 0.1) is 0 Å². The fraction of sp³-hybridized carbons (Fsp3) is 0.286. The summed E-state index contributed by atoms with van der Waals surface area (Å²) in [5, 5.41) is 14.0. The van der Waals surface area contributed by atoms with E-state index in [2.05, 4.69) is 10.6 Å². The molecular formula is C21H24N2O5. The molecule has 0 aromatic heterocycles. The molecule has 0 unspecified atom stereocenters. The highest BCUT2D eigenvalue weighted by Crippen LogP contribution is 2.27. The van der Waals surface area contributed by atoms with Crippen LogP contribution in [0.4, 0.5) is 5.69 Å². The molecule has 0 aliphatic heterocycles. The molecule has 0 aliphatic carbocycles. The fourth-order valence-corrected chi connectivity index (χ4v) is 2.52. The van der Waals surface area contributed by atoms with E-state index in [1.807, 2.05) is 38.1 Å². The Labute approximate surface area is 163 Å². The molecule has 7 heteroatoms. The lowest BCUT2D eigenvalue weighted by atomic mass is 9.83. The van der Waals surface area contributed by atoms with E-state index in [9.17, 15) is 14.4 Å². The number of methoxy groups -OCH3 is 1. The van der Waals surface area contributed by atoms with Gasteiger partial charge in [-0.15, -0.1) is 0 Å². The zero-order valence-electron chi connectivity index (χ0n) is 16.1. The maximum Gasteiger partial charge on any atom is 0.305 e. The first-order chi connectivity index (χ1) is 13.2. The second kappa shape index (κ2) is 9.03. The third-order valence-electron chi connectivity index (χ3n) is 4.41. The minimum Gasteiger partial charge on any atom is -0.497 e. The number of carbonyl (C=O) groups is 3. The molecule has 0 heterocycles. The van der Waals surface area contributed by atoms with Crippen molar-refractivity contribution in [3.05, 3.63) is 59.7 Å². The maximum absolute atomic E-state index is 12.7. The Hall–Kier alpha value is -3.35. The third kappa shape index (κ3) is 5.33. The smallest absolute Gasteiger partial charge is 0.305 e. The van der Waals surface area contributed by atoms with Crippen molar-refractivity contribution in [1.29, 1.82) is 0 Å². The third-order valence-corrected chi connectivity index (χ3v) is 4.41. The normalized spacial score (nSPS) is 10.8. The lowest BCUT2D eigenvalue weighted by Gasteiger charge is -2.24. The van der Waals surface area contributed by atoms with Crippen molar-refractivity contribution in [3.63, 3.8) is 0 Å². The van der Waals surface area contributed by atoms with Crippen LogP contribution in [0.5, 0.6) is 5.75 Å². The molecule has 0 bridgehead atoms. The second-order valence-corrected chi connectivity index (χ2v) is 6.78. The Balaban J connectivity index is 2.01. The van der Waals surface area contributed by atoms with E-state index in [-0.39, 0.29) is 24.8 Å². The van der Waals surface area contributed by atoms with Crippen molar-refractivity contribution in [2.45, 2.75) is 25.7 Å². The summed E-state index contributed by atoms with van der Waals surface area (Å²) in [6, 6.07) is 13.7. The topological polar surface area (TPSA) is 105 Å². The zero-order chi connectivity index (χ0) is 20.7. The Kier molecular flexibility index (Phi) is 6.76. The van der Waals surface area contributed by atoms with Crippen LogP contribution in [0.15, 0.2) is 48.5 Å². The first-order valence-electron chi connectivity index (χ1n) is 8.80. The van der Waals surface area contributed by atoms with Gasteiger partial charge in [0.2, 0.25) is 5.91 Å². The highest BCUT2D eigenvalue weighted by atomic mass is 16.5. The van der Waals surface area contributed by atoms with E-state index in [1.54, 1.807) is 31.4 Å². The molecule has 0 fully saturated rings. The lowest BCUT2D eigenvalue weighted by molar-refractivity contribution is -0.136. The first kappa shape index (κ1) is 21.0. The van der Waals surface area contributed by atoms with Gasteiger partial charge in [-0.05, 0) is 55.8 Å². The van der Waals surface area contributed by atoms with Crippen LogP contribution in [0.3, 0.4) is 0 Å². The summed E-state index contributed by atoms with van der Waals surface area (Å²) in [6.07, 6.45) is -0.139. The summed E-state index contributed by atoms with van der Waals surface area (Å²) in [4.78, 5) is 35.2. The molecule has 2 aromatic carbocycles. The van der Waals surface area contributed by atoms with Gasteiger partial charge in [0.15, 0.2) is 0 Å². The summed E-state index contributed by atoms with van der Waals surface area (Å²) in [5.41, 5.74) is 1.03. The number of ether oxygens (including phenoxy) is 1. The van der Waals surface area contributed by atoms with Gasteiger partial charge in [-0.1, -0.05) is 12.1 Å². The molecule has 0 atom stereocenters. The van der Waals surface area contributed by atoms with E-state index in [1.165, 1.54) is 0 Å². The molecule has 0 aliphatic rings. The number of carboxylic acids is 1. The predicted molar refractivity (Wildman–Crippen MR) is 106 cm³/mol. The number of rotatable bonds is 8. The largest absolute Gasteiger partial charge is 0.497 e. The van der Waals surface area contributed by atoms with Crippen molar-refractivity contribution in [2.24, 2.45) is 0 Å². The van der Waals surface area contributed by atoms with Gasteiger partial charge in [0.25, 0.3) is 5.91 Å². The number of carboxylic acid groups (broad SMARTS) is 1. The average Bonchev–Trinajstić information content (AvgIpc) is 2.68. The molecule has 0 saturated carbocycles. The van der Waals surface area contributed by atoms with Gasteiger partial charge in [-0.25, -0.2) is 0 Å². The minimum atomic E-state index is -0.974. The van der Waals surface area contributed by atoms with E-state index in [0.717, 1.165) is 11.3 Å². The van der Waals surface area contributed by atoms with Crippen LogP contribution in [0.25, 0.3) is 0 Å². The number of carbonyl (C=O) groups excluding carboxylic acids is 2. The van der Waals surface area contributed by atoms with Gasteiger partial charge in [-0.3, -0.25) is 14.4 Å². The summed E-state index contributed by atoms with van der Waals surface area (Å²) >= 11 is 0. The van der Waals surface area contributed by atoms with Crippen LogP contribution in [0.2, 0.25) is 0 Å². The summed E-state index contributed by atoms with van der Waals surface area (Å²) in [6.45, 7) is 3.71. The van der Waals surface area contributed by atoms with Gasteiger partial charge in [0.05, 0.1) is 18.9 Å². The summed E-state index contributed by atoms with van der Waals surface area (Å²) < 4.78 is 5.14. The van der Waals surface area contributed by atoms with Crippen LogP contribution < -0.4 is 15.4 Å². The van der Waals surface area contributed by atoms with E-state index < -0.39 is 11.4 Å². The molecule has 0 radical (unpaired) electrons. The zero-order valence-corrected chi connectivity index (χ0v) is 16.1. The number of amides is 2. The van der Waals surface area contributed by atoms with Crippen molar-refractivity contribution in [2.75, 3.05) is 19.0 Å². The van der Waals surface area contributed by atoms with Crippen molar-refractivity contribution < 1.29 is 24.2 Å². The quantitative estimate of drug-likeness (QED) is 0.649. The van der Waals surface area contributed by atoms with E-state index in [4.69, 9.17) is 9.84 Å². The van der Waals surface area contributed by atoms with Crippen LogP contribution in [-0.2, 0) is 15.0 Å². The predicted octanol–water partition coefficient (Wildman–Crippen LogP) is 2.82. The number of nitrogens with one attached hydrogen (secondary N) is 2. The highest BCUT2D eigenvalue weighted by Gasteiger charge is 2.29. The Morgan fingerprint density at radius 3 is 2.14 bits per heavy atom. The molecule has 2 aromatic rings. The Bertz CT molecular complexity index is 842. The van der Waals surface area contributed by atoms with Gasteiger partial charge < -0.3 is 20.5 Å². The van der Waals surface area contributed by atoms with Crippen LogP contribution >= 0.6 is 0 Å². The van der Waals surface area contributed by atoms with Gasteiger partial charge in [0, 0.05) is 17.8 Å². The van der Waals surface area contributed by atoms with Crippen molar-refractivity contribution in [3.8, 4) is 5.75 Å². The van der Waals surface area contributed by atoms with E-state index in [0.29, 0.717) is 11.3 Å². The average molecular weight is 384 g/mol. The Morgan fingerprint density at radius 1 is 1.00 bits per heavy atom. The minimum absolute atomic E-state index is 0.0582. The van der Waals surface area contributed by atoms with Gasteiger partial charge in [0.1, 0.15) is 5.75 Å². The molecule has 2 rings (SSSR count). The monoisotopic (exact) mass is 384 g/mol. The van der Waals surface area contributed by atoms with E-state index >= 15 is 0 Å². The first-order valence-corrected chi connectivity index (χ1v) is 8.80. The lowest BCUT2D eigenvalue weighted by Crippen LogP contribution is -2.34. The molecule has 0 spiro atoms. The molecular weight excluding hydrogens is 360 g/mol. The van der Waals surface area contributed by atoms with Crippen molar-refractivity contribution >= 4 is 23.5 Å². The number of hydrogen-bond donors (Lipinski definition) is 3. The van der Waals surface area contributed by atoms with Gasteiger partial charge in [-0.2, -0.15) is 0 Å². The molecule has 28 heavy (non-hydrogen) atoms. The molecule has 0 saturated heterocycles. The summed E-state index contributed by atoms with van der Waals surface area (Å²) in [5.74, 6) is -0.802. The van der Waals surface area contributed by atoms with Crippen molar-refractivity contribution in [1.82, 2.24) is 5.32 Å². The Morgan fingerprint density at radius 2 is 1.61 bits per heavy atom. The maximum atomic E-state index is 12.7. The molecule has 148 valence electrons. The van der Waals surface area contributed by atoms with Crippen LogP contribution in [-0.4, -0.2) is 36.5 Å². The molecule has 2 amide bonds. The molecule has 7 nitrogen and oxygen atoms in total. The van der Waals surface area contributed by atoms with Gasteiger partial charge >= 0.3 is 5.97 Å².